The summed E-state index contributed by atoms with van der Waals surface area (Å²) >= 11 is 5.94. The number of amides is 1. The van der Waals surface area contributed by atoms with Gasteiger partial charge in [-0.05, 0) is 25.5 Å². The second kappa shape index (κ2) is 6.51. The molecule has 0 aliphatic carbocycles. The van der Waals surface area contributed by atoms with Crippen molar-refractivity contribution >= 4 is 17.5 Å². The van der Waals surface area contributed by atoms with E-state index in [1.165, 1.54) is 0 Å². The predicted octanol–water partition coefficient (Wildman–Crippen LogP) is 2.38. The van der Waals surface area contributed by atoms with Crippen molar-refractivity contribution in [3.8, 4) is 0 Å². The highest BCUT2D eigenvalue weighted by molar-refractivity contribution is 6.31. The second-order valence-electron chi connectivity index (χ2n) is 3.81. The molecule has 0 radical (unpaired) electrons. The quantitative estimate of drug-likeness (QED) is 0.860. The summed E-state index contributed by atoms with van der Waals surface area (Å²) < 4.78 is 5.27. The number of rotatable bonds is 5. The second-order valence-corrected chi connectivity index (χ2v) is 4.21. The first kappa shape index (κ1) is 13.0. The van der Waals surface area contributed by atoms with Crippen LogP contribution in [0.1, 0.15) is 19.4 Å². The van der Waals surface area contributed by atoms with Gasteiger partial charge in [-0.15, -0.1) is 0 Å². The molecule has 0 unspecified atom stereocenters. The largest absolute Gasteiger partial charge is 0.367 e. The summed E-state index contributed by atoms with van der Waals surface area (Å²) in [4.78, 5) is 11.3. The third-order valence-corrected chi connectivity index (χ3v) is 2.27. The van der Waals surface area contributed by atoms with Gasteiger partial charge in [-0.2, -0.15) is 0 Å². The highest BCUT2D eigenvalue weighted by Crippen LogP contribution is 2.15. The molecule has 1 amide bonds. The first-order chi connectivity index (χ1) is 7.59. The van der Waals surface area contributed by atoms with E-state index < -0.39 is 0 Å². The zero-order valence-corrected chi connectivity index (χ0v) is 10.3. The summed E-state index contributed by atoms with van der Waals surface area (Å²) in [6.45, 7) is 4.23. The van der Waals surface area contributed by atoms with Crippen LogP contribution in [0, 0.1) is 0 Å². The molecule has 4 heteroatoms. The van der Waals surface area contributed by atoms with E-state index in [-0.39, 0.29) is 18.6 Å². The van der Waals surface area contributed by atoms with Gasteiger partial charge in [0.15, 0.2) is 0 Å². The van der Waals surface area contributed by atoms with Crippen LogP contribution in [-0.2, 0) is 16.1 Å². The molecular weight excluding hydrogens is 226 g/mol. The number of hydrogen-bond acceptors (Lipinski definition) is 2. The topological polar surface area (TPSA) is 38.3 Å². The van der Waals surface area contributed by atoms with Gasteiger partial charge in [0.2, 0.25) is 5.91 Å². The van der Waals surface area contributed by atoms with Gasteiger partial charge < -0.3 is 10.1 Å². The maximum atomic E-state index is 11.3. The summed E-state index contributed by atoms with van der Waals surface area (Å²) in [6, 6.07) is 7.56. The van der Waals surface area contributed by atoms with E-state index in [0.29, 0.717) is 11.6 Å². The van der Waals surface area contributed by atoms with Crippen LogP contribution in [0.5, 0.6) is 0 Å². The van der Waals surface area contributed by atoms with E-state index in [4.69, 9.17) is 16.3 Å². The van der Waals surface area contributed by atoms with Gasteiger partial charge in [0.05, 0.1) is 6.61 Å². The summed E-state index contributed by atoms with van der Waals surface area (Å²) in [5.74, 6) is -0.109. The molecule has 1 aromatic carbocycles. The smallest absolute Gasteiger partial charge is 0.246 e. The molecule has 1 aromatic rings. The number of hydrogen-bond donors (Lipinski definition) is 1. The molecule has 1 rings (SSSR count). The van der Waals surface area contributed by atoms with Crippen LogP contribution in [0.15, 0.2) is 24.3 Å². The van der Waals surface area contributed by atoms with Crippen LogP contribution in [0.4, 0.5) is 0 Å². The molecule has 0 saturated heterocycles. The van der Waals surface area contributed by atoms with Crippen molar-refractivity contribution in [2.45, 2.75) is 26.5 Å². The highest BCUT2D eigenvalue weighted by Gasteiger charge is 2.04. The van der Waals surface area contributed by atoms with Gasteiger partial charge in [0, 0.05) is 11.1 Å². The number of benzene rings is 1. The van der Waals surface area contributed by atoms with Crippen molar-refractivity contribution in [2.24, 2.45) is 0 Å². The van der Waals surface area contributed by atoms with Gasteiger partial charge >= 0.3 is 0 Å². The molecule has 0 saturated carbocycles. The third-order valence-electron chi connectivity index (χ3n) is 1.90. The molecule has 1 N–H and O–H groups in total. The lowest BCUT2D eigenvalue weighted by Gasteiger charge is -2.09. The van der Waals surface area contributed by atoms with Crippen LogP contribution in [0.25, 0.3) is 0 Å². The van der Waals surface area contributed by atoms with Crippen LogP contribution in [0.3, 0.4) is 0 Å². The lowest BCUT2D eigenvalue weighted by atomic mass is 10.2. The average Bonchev–Trinajstić information content (AvgIpc) is 2.19. The van der Waals surface area contributed by atoms with Gasteiger partial charge in [-0.25, -0.2) is 0 Å². The summed E-state index contributed by atoms with van der Waals surface area (Å²) in [6.07, 6.45) is 0. The fourth-order valence-corrected chi connectivity index (χ4v) is 1.42. The van der Waals surface area contributed by atoms with Crippen molar-refractivity contribution in [1.29, 1.82) is 0 Å². The Kier molecular flexibility index (Phi) is 5.29. The zero-order valence-electron chi connectivity index (χ0n) is 9.50. The Morgan fingerprint density at radius 3 is 2.75 bits per heavy atom. The first-order valence-corrected chi connectivity index (χ1v) is 5.58. The molecule has 0 atom stereocenters. The van der Waals surface area contributed by atoms with E-state index in [0.717, 1.165) is 5.56 Å². The maximum absolute atomic E-state index is 11.3. The molecule has 0 aromatic heterocycles. The van der Waals surface area contributed by atoms with Crippen LogP contribution < -0.4 is 5.32 Å². The van der Waals surface area contributed by atoms with Crippen molar-refractivity contribution in [1.82, 2.24) is 5.32 Å². The minimum Gasteiger partial charge on any atom is -0.367 e. The van der Waals surface area contributed by atoms with E-state index in [1.54, 1.807) is 6.07 Å². The van der Waals surface area contributed by atoms with Crippen molar-refractivity contribution < 1.29 is 9.53 Å². The predicted molar refractivity (Wildman–Crippen MR) is 64.4 cm³/mol. The molecule has 16 heavy (non-hydrogen) atoms. The Bertz CT molecular complexity index is 353. The van der Waals surface area contributed by atoms with Crippen molar-refractivity contribution in [3.05, 3.63) is 34.9 Å². The summed E-state index contributed by atoms with van der Waals surface area (Å²) in [5.41, 5.74) is 0.890. The summed E-state index contributed by atoms with van der Waals surface area (Å²) in [5, 5.41) is 3.41. The van der Waals surface area contributed by atoms with Crippen LogP contribution in [0.2, 0.25) is 5.02 Å². The average molecular weight is 242 g/mol. The molecule has 3 nitrogen and oxygen atoms in total. The van der Waals surface area contributed by atoms with Crippen LogP contribution >= 0.6 is 11.6 Å². The molecule has 88 valence electrons. The molecule has 0 aliphatic rings. The SMILES string of the molecule is CC(C)NC(=O)COCc1ccccc1Cl. The Morgan fingerprint density at radius 1 is 1.44 bits per heavy atom. The number of nitrogens with one attached hydrogen (secondary N) is 1. The fourth-order valence-electron chi connectivity index (χ4n) is 1.23. The Labute approximate surface area is 101 Å². The van der Waals surface area contributed by atoms with E-state index in [9.17, 15) is 4.79 Å². The van der Waals surface area contributed by atoms with Crippen molar-refractivity contribution in [2.75, 3.05) is 6.61 Å². The minimum atomic E-state index is -0.109. The molecule has 0 fully saturated rings. The number of carbonyl (C=O) groups excluding carboxylic acids is 1. The Morgan fingerprint density at radius 2 is 2.12 bits per heavy atom. The lowest BCUT2D eigenvalue weighted by Crippen LogP contribution is -2.33. The molecule has 0 bridgehead atoms. The van der Waals surface area contributed by atoms with E-state index >= 15 is 0 Å². The molecule has 0 aliphatic heterocycles. The van der Waals surface area contributed by atoms with Gasteiger partial charge in [0.25, 0.3) is 0 Å². The molecule has 0 spiro atoms. The van der Waals surface area contributed by atoms with Gasteiger partial charge in [0.1, 0.15) is 6.61 Å². The van der Waals surface area contributed by atoms with Gasteiger partial charge in [-0.1, -0.05) is 29.8 Å². The fraction of sp³-hybridized carbons (Fsp3) is 0.417. The van der Waals surface area contributed by atoms with Crippen molar-refractivity contribution in [3.63, 3.8) is 0 Å². The summed E-state index contributed by atoms with van der Waals surface area (Å²) in [7, 11) is 0. The monoisotopic (exact) mass is 241 g/mol. The normalized spacial score (nSPS) is 10.5. The minimum absolute atomic E-state index is 0.0589. The first-order valence-electron chi connectivity index (χ1n) is 5.20. The lowest BCUT2D eigenvalue weighted by molar-refractivity contribution is -0.126. The standard InChI is InChI=1S/C12H16ClNO2/c1-9(2)14-12(15)8-16-7-10-5-3-4-6-11(10)13/h3-6,9H,7-8H2,1-2H3,(H,14,15). The van der Waals surface area contributed by atoms with Gasteiger partial charge in [-0.3, -0.25) is 4.79 Å². The Balaban J connectivity index is 2.31. The van der Waals surface area contributed by atoms with E-state index in [1.807, 2.05) is 32.0 Å². The molecule has 0 heterocycles. The Hall–Kier alpha value is -1.06. The number of carbonyl (C=O) groups is 1. The van der Waals surface area contributed by atoms with Crippen LogP contribution in [-0.4, -0.2) is 18.6 Å². The number of halogens is 1. The highest BCUT2D eigenvalue weighted by atomic mass is 35.5. The number of ether oxygens (including phenoxy) is 1. The third kappa shape index (κ3) is 4.64. The zero-order chi connectivity index (χ0) is 12.0. The van der Waals surface area contributed by atoms with E-state index in [2.05, 4.69) is 5.32 Å². The molecular formula is C12H16ClNO2. The maximum Gasteiger partial charge on any atom is 0.246 e.